The Labute approximate surface area is 163 Å². The second-order valence-electron chi connectivity index (χ2n) is 9.75. The van der Waals surface area contributed by atoms with Crippen molar-refractivity contribution in [1.82, 2.24) is 0 Å². The van der Waals surface area contributed by atoms with Crippen LogP contribution in [0.1, 0.15) is 40.0 Å². The van der Waals surface area contributed by atoms with E-state index in [2.05, 4.69) is 0 Å². The fourth-order valence-electron chi connectivity index (χ4n) is 7.39. The molecule has 0 aromatic rings. The predicted octanol–water partition coefficient (Wildman–Crippen LogP) is 2.73. The molecule has 0 spiro atoms. The first kappa shape index (κ1) is 19.5. The van der Waals surface area contributed by atoms with Gasteiger partial charge < -0.3 is 10.2 Å². The molecule has 4 aliphatic carbocycles. The summed E-state index contributed by atoms with van der Waals surface area (Å²) in [5.74, 6) is -3.72. The number of aliphatic hydroxyl groups is 1. The van der Waals surface area contributed by atoms with E-state index < -0.39 is 40.8 Å². The average Bonchev–Trinajstić information content (AvgIpc) is 2.85. The number of rotatable bonds is 2. The van der Waals surface area contributed by atoms with Gasteiger partial charge in [0.25, 0.3) is 0 Å². The lowest BCUT2D eigenvalue weighted by molar-refractivity contribution is -0.159. The number of halogens is 1. The number of ketones is 2. The zero-order chi connectivity index (χ0) is 20.6. The second-order valence-corrected chi connectivity index (χ2v) is 9.75. The first-order valence-corrected chi connectivity index (χ1v) is 10.0. The Morgan fingerprint density at radius 2 is 1.93 bits per heavy atom. The Morgan fingerprint density at radius 1 is 1.25 bits per heavy atom. The minimum absolute atomic E-state index is 0.0353. The Kier molecular flexibility index (Phi) is 4.24. The van der Waals surface area contributed by atoms with E-state index in [0.717, 1.165) is 0 Å². The fourth-order valence-corrected chi connectivity index (χ4v) is 7.39. The molecule has 0 aliphatic heterocycles. The highest BCUT2D eigenvalue weighted by molar-refractivity contribution is 6.33. The molecule has 4 rings (SSSR count). The van der Waals surface area contributed by atoms with Crippen LogP contribution in [-0.4, -0.2) is 40.0 Å². The van der Waals surface area contributed by atoms with Crippen LogP contribution in [0.5, 0.6) is 0 Å². The van der Waals surface area contributed by atoms with Crippen LogP contribution in [0, 0.1) is 40.4 Å². The van der Waals surface area contributed by atoms with Gasteiger partial charge in [-0.05, 0) is 60.2 Å². The van der Waals surface area contributed by atoms with E-state index in [-0.39, 0.29) is 35.9 Å². The largest absolute Gasteiger partial charge is 0.475 e. The monoisotopic (exact) mass is 390 g/mol. The van der Waals surface area contributed by atoms with Crippen LogP contribution in [0.3, 0.4) is 0 Å². The number of carboxylic acids is 1. The molecule has 0 radical (unpaired) electrons. The molecular formula is C22H27FO5. The van der Waals surface area contributed by atoms with Gasteiger partial charge in [0.15, 0.2) is 5.78 Å². The first-order valence-electron chi connectivity index (χ1n) is 10.0. The van der Waals surface area contributed by atoms with Gasteiger partial charge in [-0.15, -0.1) is 0 Å². The number of allylic oxidation sites excluding steroid dienone is 4. The summed E-state index contributed by atoms with van der Waals surface area (Å²) in [6.07, 6.45) is 3.65. The standard InChI is InChI=1S/C22H27FO5/c1-10-6-13-12-8-15(23)14-7-11(24)4-5-21(14,2)18(12)16(25)9-22(13,3)17(10)19(26)20(27)28/h4-5,7,10,12-13,15-18,25H,6,8-9H2,1-3H3,(H,27,28)/t10-,12?,13?,15+,16+,17-,18?,21+,22+/m1/s1. The topological polar surface area (TPSA) is 91.7 Å². The summed E-state index contributed by atoms with van der Waals surface area (Å²) in [5, 5.41) is 20.5. The molecule has 0 aromatic heterocycles. The van der Waals surface area contributed by atoms with Gasteiger partial charge in [0.2, 0.25) is 5.78 Å². The van der Waals surface area contributed by atoms with Crippen molar-refractivity contribution in [2.24, 2.45) is 40.4 Å². The third-order valence-corrected chi connectivity index (χ3v) is 8.31. The van der Waals surface area contributed by atoms with Gasteiger partial charge >= 0.3 is 5.97 Å². The maximum Gasteiger partial charge on any atom is 0.372 e. The molecular weight excluding hydrogens is 363 g/mol. The van der Waals surface area contributed by atoms with Crippen LogP contribution in [-0.2, 0) is 14.4 Å². The Balaban J connectivity index is 1.77. The summed E-state index contributed by atoms with van der Waals surface area (Å²) in [4.78, 5) is 35.7. The molecule has 5 nitrogen and oxygen atoms in total. The van der Waals surface area contributed by atoms with Crippen molar-refractivity contribution >= 4 is 17.5 Å². The number of Topliss-reactive ketones (excluding diaryl/α,β-unsaturated/α-hetero) is 1. The molecule has 152 valence electrons. The third kappa shape index (κ3) is 2.43. The number of aliphatic hydroxyl groups excluding tert-OH is 1. The lowest BCUT2D eigenvalue weighted by atomic mass is 9.46. The van der Waals surface area contributed by atoms with Crippen LogP contribution >= 0.6 is 0 Å². The molecule has 0 heterocycles. The molecule has 0 bridgehead atoms. The van der Waals surface area contributed by atoms with Crippen molar-refractivity contribution < 1.29 is 29.0 Å². The first-order chi connectivity index (χ1) is 13.0. The van der Waals surface area contributed by atoms with Gasteiger partial charge in [-0.2, -0.15) is 0 Å². The molecule has 0 saturated heterocycles. The highest BCUT2D eigenvalue weighted by Gasteiger charge is 2.66. The van der Waals surface area contributed by atoms with E-state index in [1.54, 1.807) is 6.08 Å². The van der Waals surface area contributed by atoms with Gasteiger partial charge in [-0.25, -0.2) is 9.18 Å². The lowest BCUT2D eigenvalue weighted by Gasteiger charge is -2.59. The SMILES string of the molecule is C[C@@H]1CC2C3C[C@H](F)C4=CC(=O)C=C[C@]4(C)C3[C@@H](O)C[C@]2(C)[C@H]1C(=O)C(=O)O. The molecule has 6 heteroatoms. The highest BCUT2D eigenvalue weighted by Crippen LogP contribution is 2.67. The Morgan fingerprint density at radius 3 is 2.57 bits per heavy atom. The lowest BCUT2D eigenvalue weighted by Crippen LogP contribution is -2.58. The molecule has 0 aromatic carbocycles. The zero-order valence-electron chi connectivity index (χ0n) is 16.4. The van der Waals surface area contributed by atoms with Crippen molar-refractivity contribution in [2.75, 3.05) is 0 Å². The van der Waals surface area contributed by atoms with E-state index in [9.17, 15) is 24.6 Å². The third-order valence-electron chi connectivity index (χ3n) is 8.31. The number of carbonyl (C=O) groups is 3. The Hall–Kier alpha value is -1.82. The van der Waals surface area contributed by atoms with E-state index in [1.807, 2.05) is 20.8 Å². The van der Waals surface area contributed by atoms with Crippen molar-refractivity contribution in [3.05, 3.63) is 23.8 Å². The van der Waals surface area contributed by atoms with E-state index in [4.69, 9.17) is 0 Å². The molecule has 4 aliphatic rings. The van der Waals surface area contributed by atoms with Crippen molar-refractivity contribution in [2.45, 2.75) is 52.3 Å². The van der Waals surface area contributed by atoms with Crippen LogP contribution < -0.4 is 0 Å². The maximum atomic E-state index is 15.2. The van der Waals surface area contributed by atoms with Gasteiger partial charge in [0, 0.05) is 17.3 Å². The van der Waals surface area contributed by atoms with E-state index in [1.165, 1.54) is 12.2 Å². The number of hydrogen-bond donors (Lipinski definition) is 2. The van der Waals surface area contributed by atoms with Gasteiger partial charge in [0.1, 0.15) is 6.17 Å². The summed E-state index contributed by atoms with van der Waals surface area (Å²) in [5.41, 5.74) is -0.969. The number of alkyl halides is 1. The van der Waals surface area contributed by atoms with Crippen molar-refractivity contribution in [3.8, 4) is 0 Å². The summed E-state index contributed by atoms with van der Waals surface area (Å²) >= 11 is 0. The summed E-state index contributed by atoms with van der Waals surface area (Å²) in [6, 6.07) is 0. The fraction of sp³-hybridized carbons (Fsp3) is 0.682. The number of fused-ring (bicyclic) bond motifs is 5. The van der Waals surface area contributed by atoms with Gasteiger partial charge in [-0.3, -0.25) is 9.59 Å². The second kappa shape index (κ2) is 6.09. The van der Waals surface area contributed by atoms with E-state index in [0.29, 0.717) is 18.4 Å². The normalized spacial score (nSPS) is 49.7. The minimum atomic E-state index is -1.44. The molecule has 2 N–H and O–H groups in total. The summed E-state index contributed by atoms with van der Waals surface area (Å²) < 4.78 is 15.2. The number of aliphatic carboxylic acids is 1. The van der Waals surface area contributed by atoms with Gasteiger partial charge in [-0.1, -0.05) is 26.8 Å². The smallest absolute Gasteiger partial charge is 0.372 e. The molecule has 28 heavy (non-hydrogen) atoms. The predicted molar refractivity (Wildman–Crippen MR) is 99.0 cm³/mol. The van der Waals surface area contributed by atoms with Gasteiger partial charge in [0.05, 0.1) is 6.10 Å². The van der Waals surface area contributed by atoms with Crippen LogP contribution in [0.4, 0.5) is 4.39 Å². The highest BCUT2D eigenvalue weighted by atomic mass is 19.1. The minimum Gasteiger partial charge on any atom is -0.475 e. The summed E-state index contributed by atoms with van der Waals surface area (Å²) in [6.45, 7) is 5.67. The van der Waals surface area contributed by atoms with Crippen molar-refractivity contribution in [3.63, 3.8) is 0 Å². The summed E-state index contributed by atoms with van der Waals surface area (Å²) in [7, 11) is 0. The van der Waals surface area contributed by atoms with Crippen LogP contribution in [0.15, 0.2) is 23.8 Å². The number of carboxylic acid groups (broad SMARTS) is 1. The molecule has 3 fully saturated rings. The molecule has 9 atom stereocenters. The number of hydrogen-bond acceptors (Lipinski definition) is 4. The average molecular weight is 390 g/mol. The molecule has 3 unspecified atom stereocenters. The quantitative estimate of drug-likeness (QED) is 0.708. The number of carbonyl (C=O) groups excluding carboxylic acids is 2. The molecule has 3 saturated carbocycles. The van der Waals surface area contributed by atoms with Crippen LogP contribution in [0.25, 0.3) is 0 Å². The van der Waals surface area contributed by atoms with Crippen LogP contribution in [0.2, 0.25) is 0 Å². The van der Waals surface area contributed by atoms with Crippen molar-refractivity contribution in [1.29, 1.82) is 0 Å². The maximum absolute atomic E-state index is 15.2. The Bertz CT molecular complexity index is 816. The van der Waals surface area contributed by atoms with E-state index >= 15 is 4.39 Å². The molecule has 0 amide bonds. The zero-order valence-corrected chi connectivity index (χ0v) is 16.4.